The third kappa shape index (κ3) is 3.56. The summed E-state index contributed by atoms with van der Waals surface area (Å²) in [6, 6.07) is 11.1. The van der Waals surface area contributed by atoms with Crippen molar-refractivity contribution >= 4 is 44.9 Å². The van der Waals surface area contributed by atoms with Gasteiger partial charge in [-0.2, -0.15) is 5.26 Å². The number of nitrogens with one attached hydrogen (secondary N) is 1. The fourth-order valence-electron chi connectivity index (χ4n) is 1.58. The van der Waals surface area contributed by atoms with Crippen molar-refractivity contribution in [3.05, 3.63) is 56.2 Å². The Hall–Kier alpha value is -1.90. The van der Waals surface area contributed by atoms with Crippen LogP contribution in [0.1, 0.15) is 10.4 Å². The van der Waals surface area contributed by atoms with Crippen LogP contribution in [0.25, 0.3) is 6.08 Å². The predicted octanol–water partition coefficient (Wildman–Crippen LogP) is 4.36. The number of benzene rings is 1. The monoisotopic (exact) mass is 346 g/mol. The predicted molar refractivity (Wildman–Crippen MR) is 85.4 cm³/mol. The zero-order chi connectivity index (χ0) is 14.5. The first-order valence-electron chi connectivity index (χ1n) is 5.83. The molecule has 1 aromatic carbocycles. The molecule has 5 heteroatoms. The van der Waals surface area contributed by atoms with Crippen LogP contribution in [0.4, 0.5) is 5.69 Å². The first kappa shape index (κ1) is 14.5. The molecule has 0 fully saturated rings. The molecule has 1 N–H and O–H groups in total. The second-order valence-electron chi connectivity index (χ2n) is 4.10. The van der Waals surface area contributed by atoms with Crippen LogP contribution in [-0.4, -0.2) is 5.91 Å². The minimum atomic E-state index is -0.404. The molecular weight excluding hydrogens is 336 g/mol. The maximum absolute atomic E-state index is 12.1. The van der Waals surface area contributed by atoms with Crippen molar-refractivity contribution in [2.45, 2.75) is 6.92 Å². The molecule has 3 nitrogen and oxygen atoms in total. The zero-order valence-corrected chi connectivity index (χ0v) is 13.1. The van der Waals surface area contributed by atoms with E-state index in [0.717, 1.165) is 14.9 Å². The van der Waals surface area contributed by atoms with Gasteiger partial charge in [0.15, 0.2) is 0 Å². The van der Waals surface area contributed by atoms with Crippen molar-refractivity contribution < 1.29 is 4.79 Å². The molecule has 0 saturated carbocycles. The molecule has 0 radical (unpaired) electrons. The molecule has 0 spiro atoms. The number of rotatable bonds is 3. The van der Waals surface area contributed by atoms with E-state index in [1.807, 2.05) is 36.6 Å². The van der Waals surface area contributed by atoms with E-state index in [2.05, 4.69) is 21.2 Å². The number of carbonyl (C=O) groups excluding carboxylic acids is 1. The summed E-state index contributed by atoms with van der Waals surface area (Å²) in [5.74, 6) is -0.404. The third-order valence-corrected chi connectivity index (χ3v) is 4.08. The number of thiophene rings is 1. The molecule has 20 heavy (non-hydrogen) atoms. The van der Waals surface area contributed by atoms with Gasteiger partial charge in [-0.3, -0.25) is 4.79 Å². The molecule has 2 rings (SSSR count). The Bertz CT molecular complexity index is 713. The van der Waals surface area contributed by atoms with Crippen molar-refractivity contribution in [1.29, 1.82) is 5.26 Å². The van der Waals surface area contributed by atoms with E-state index in [-0.39, 0.29) is 5.57 Å². The summed E-state index contributed by atoms with van der Waals surface area (Å²) >= 11 is 4.84. The molecule has 1 aromatic heterocycles. The van der Waals surface area contributed by atoms with Gasteiger partial charge >= 0.3 is 0 Å². The van der Waals surface area contributed by atoms with Gasteiger partial charge in [-0.15, -0.1) is 11.3 Å². The number of hydrogen-bond donors (Lipinski definition) is 1. The zero-order valence-electron chi connectivity index (χ0n) is 10.7. The molecule has 0 bridgehead atoms. The van der Waals surface area contributed by atoms with Crippen molar-refractivity contribution in [2.24, 2.45) is 0 Å². The molecule has 0 aliphatic heterocycles. The Balaban J connectivity index is 2.21. The largest absolute Gasteiger partial charge is 0.321 e. The highest BCUT2D eigenvalue weighted by Crippen LogP contribution is 2.20. The van der Waals surface area contributed by atoms with Gasteiger partial charge in [-0.1, -0.05) is 22.0 Å². The molecule has 0 unspecified atom stereocenters. The van der Waals surface area contributed by atoms with Crippen LogP contribution in [0.2, 0.25) is 0 Å². The van der Waals surface area contributed by atoms with Crippen LogP contribution >= 0.6 is 27.3 Å². The van der Waals surface area contributed by atoms with Crippen LogP contribution in [0, 0.1) is 18.3 Å². The summed E-state index contributed by atoms with van der Waals surface area (Å²) in [6.07, 6.45) is 1.62. The third-order valence-electron chi connectivity index (χ3n) is 2.62. The Labute approximate surface area is 129 Å². The topological polar surface area (TPSA) is 52.9 Å². The van der Waals surface area contributed by atoms with E-state index in [0.29, 0.717) is 5.69 Å². The van der Waals surface area contributed by atoms with Crippen LogP contribution in [0.5, 0.6) is 0 Å². The maximum Gasteiger partial charge on any atom is 0.266 e. The van der Waals surface area contributed by atoms with Gasteiger partial charge in [0.1, 0.15) is 11.6 Å². The second kappa shape index (κ2) is 6.51. The number of nitrogens with zero attached hydrogens (tertiary/aromatic N) is 1. The Kier molecular flexibility index (Phi) is 4.72. The summed E-state index contributed by atoms with van der Waals surface area (Å²) in [5, 5.41) is 13.8. The van der Waals surface area contributed by atoms with Crippen LogP contribution in [0.3, 0.4) is 0 Å². The van der Waals surface area contributed by atoms with Gasteiger partial charge in [0.05, 0.1) is 0 Å². The molecule has 2 aromatic rings. The molecule has 1 heterocycles. The van der Waals surface area contributed by atoms with Crippen molar-refractivity contribution in [3.63, 3.8) is 0 Å². The molecule has 100 valence electrons. The molecule has 0 aliphatic rings. The fraction of sp³-hybridized carbons (Fsp3) is 0.0667. The highest BCUT2D eigenvalue weighted by atomic mass is 79.9. The number of nitriles is 1. The summed E-state index contributed by atoms with van der Waals surface area (Å²) < 4.78 is 0.867. The van der Waals surface area contributed by atoms with Crippen LogP contribution in [0.15, 0.2) is 45.8 Å². The standard InChI is InChI=1S/C15H11BrN2OS/c1-10-5-6-20-14(10)7-11(9-17)15(19)18-13-4-2-3-12(16)8-13/h2-8H,1H3,(H,18,19)/b11-7-. The molecule has 0 saturated heterocycles. The lowest BCUT2D eigenvalue weighted by Crippen LogP contribution is -2.13. The molecule has 0 atom stereocenters. The number of halogens is 1. The normalized spacial score (nSPS) is 10.9. The highest BCUT2D eigenvalue weighted by Gasteiger charge is 2.10. The number of carbonyl (C=O) groups is 1. The summed E-state index contributed by atoms with van der Waals surface area (Å²) in [5.41, 5.74) is 1.79. The lowest BCUT2D eigenvalue weighted by atomic mass is 10.2. The number of aryl methyl sites for hydroxylation is 1. The van der Waals surface area contributed by atoms with Gasteiger partial charge in [0.2, 0.25) is 0 Å². The first-order chi connectivity index (χ1) is 9.60. The molecule has 0 aliphatic carbocycles. The number of anilines is 1. The molecule has 1 amide bonds. The van der Waals surface area contributed by atoms with Crippen LogP contribution in [-0.2, 0) is 4.79 Å². The SMILES string of the molecule is Cc1ccsc1/C=C(/C#N)C(=O)Nc1cccc(Br)c1. The van der Waals surface area contributed by atoms with Gasteiger partial charge in [0, 0.05) is 15.0 Å². The van der Waals surface area contributed by atoms with Crippen molar-refractivity contribution in [1.82, 2.24) is 0 Å². The fourth-order valence-corrected chi connectivity index (χ4v) is 2.83. The smallest absolute Gasteiger partial charge is 0.266 e. The van der Waals surface area contributed by atoms with E-state index in [9.17, 15) is 4.79 Å². The van der Waals surface area contributed by atoms with E-state index in [1.165, 1.54) is 11.3 Å². The minimum Gasteiger partial charge on any atom is -0.321 e. The lowest BCUT2D eigenvalue weighted by Gasteiger charge is -2.04. The van der Waals surface area contributed by atoms with Gasteiger partial charge in [-0.05, 0) is 48.2 Å². The summed E-state index contributed by atoms with van der Waals surface area (Å²) in [6.45, 7) is 1.95. The Morgan fingerprint density at radius 1 is 1.45 bits per heavy atom. The number of amides is 1. The second-order valence-corrected chi connectivity index (χ2v) is 5.97. The van der Waals surface area contributed by atoms with Crippen LogP contribution < -0.4 is 5.32 Å². The van der Waals surface area contributed by atoms with Crippen molar-refractivity contribution in [2.75, 3.05) is 5.32 Å². The maximum atomic E-state index is 12.1. The van der Waals surface area contributed by atoms with Gasteiger partial charge in [-0.25, -0.2) is 0 Å². The van der Waals surface area contributed by atoms with E-state index < -0.39 is 5.91 Å². The summed E-state index contributed by atoms with van der Waals surface area (Å²) in [7, 11) is 0. The highest BCUT2D eigenvalue weighted by molar-refractivity contribution is 9.10. The van der Waals surface area contributed by atoms with Gasteiger partial charge in [0.25, 0.3) is 5.91 Å². The number of hydrogen-bond acceptors (Lipinski definition) is 3. The van der Waals surface area contributed by atoms with E-state index in [1.54, 1.807) is 18.2 Å². The average Bonchev–Trinajstić information content (AvgIpc) is 2.81. The Morgan fingerprint density at radius 2 is 2.25 bits per heavy atom. The van der Waals surface area contributed by atoms with Crippen molar-refractivity contribution in [3.8, 4) is 6.07 Å². The quantitative estimate of drug-likeness (QED) is 0.662. The minimum absolute atomic E-state index is 0.0931. The van der Waals surface area contributed by atoms with E-state index in [4.69, 9.17) is 5.26 Å². The van der Waals surface area contributed by atoms with E-state index >= 15 is 0 Å². The lowest BCUT2D eigenvalue weighted by molar-refractivity contribution is -0.112. The Morgan fingerprint density at radius 3 is 2.85 bits per heavy atom. The first-order valence-corrected chi connectivity index (χ1v) is 7.50. The average molecular weight is 347 g/mol. The molecular formula is C15H11BrN2OS. The summed E-state index contributed by atoms with van der Waals surface area (Å²) in [4.78, 5) is 13.0. The van der Waals surface area contributed by atoms with Gasteiger partial charge < -0.3 is 5.32 Å².